The summed E-state index contributed by atoms with van der Waals surface area (Å²) in [5, 5.41) is 0. The van der Waals surface area contributed by atoms with E-state index >= 15 is 0 Å². The van der Waals surface area contributed by atoms with Crippen molar-refractivity contribution in [2.24, 2.45) is 35.5 Å². The fraction of sp³-hybridized carbons (Fsp3) is 0.897. The molecule has 28 heteroatoms. The number of carbonyl (C=O) groups excluding carboxylic acids is 12. The van der Waals surface area contributed by atoms with Crippen molar-refractivity contribution >= 4 is 71.6 Å². The SMILES string of the molecule is CCCCCCCC(=O)OCCN(CCOC(=O)CCCCCCC)CCOC(=O)CCCCCCC.CCCCCCCCCC(=O)OCCN(CCOC(=O)CCCCCCCCC)CCOC(=O)CCCCCCCCC.O=C(OCCN(CCOC(=O)C1CCCC1)CCOC(=O)C1CCCC1)C1CCCC1.O=C(OCCN(CCOC(=O)C1CCCCC1)CCOC(=O)C1CCCCC1)C1CCCCC1. The summed E-state index contributed by atoms with van der Waals surface area (Å²) in [5.74, 6) is -1.28. The molecule has 145 heavy (non-hydrogen) atoms. The summed E-state index contributed by atoms with van der Waals surface area (Å²) in [6.45, 7) is 23.1. The highest BCUT2D eigenvalue weighted by Gasteiger charge is 2.31. The quantitative estimate of drug-likeness (QED) is 0.0310. The first-order valence-corrected chi connectivity index (χ1v) is 59.7. The zero-order chi connectivity index (χ0) is 105. The summed E-state index contributed by atoms with van der Waals surface area (Å²) in [6, 6.07) is 0. The van der Waals surface area contributed by atoms with E-state index in [1.54, 1.807) is 0 Å². The van der Waals surface area contributed by atoms with Crippen LogP contribution in [0.1, 0.15) is 485 Å². The van der Waals surface area contributed by atoms with Gasteiger partial charge in [-0.05, 0) is 116 Å². The molecule has 0 heterocycles. The minimum atomic E-state index is -0.166. The maximum absolute atomic E-state index is 12.4. The molecule has 0 atom stereocenters. The van der Waals surface area contributed by atoms with Gasteiger partial charge in [-0.15, -0.1) is 0 Å². The lowest BCUT2D eigenvalue weighted by atomic mass is 9.89. The van der Waals surface area contributed by atoms with E-state index in [1.165, 1.54) is 154 Å². The van der Waals surface area contributed by atoms with Crippen LogP contribution in [0.2, 0.25) is 0 Å². The normalized spacial score (nSPS) is 15.4. The van der Waals surface area contributed by atoms with Crippen molar-refractivity contribution in [3.8, 4) is 0 Å². The van der Waals surface area contributed by atoms with Gasteiger partial charge in [0, 0.05) is 117 Å². The molecule has 0 bridgehead atoms. The van der Waals surface area contributed by atoms with E-state index < -0.39 is 0 Å². The molecule has 0 saturated heterocycles. The lowest BCUT2D eigenvalue weighted by Gasteiger charge is -2.25. The third-order valence-corrected chi connectivity index (χ3v) is 29.2. The molecule has 0 spiro atoms. The van der Waals surface area contributed by atoms with Gasteiger partial charge in [0.25, 0.3) is 0 Å². The van der Waals surface area contributed by atoms with Gasteiger partial charge < -0.3 is 56.8 Å². The highest BCUT2D eigenvalue weighted by molar-refractivity contribution is 5.76. The molecule has 0 aromatic rings. The second-order valence-electron chi connectivity index (χ2n) is 41.7. The zero-order valence-corrected chi connectivity index (χ0v) is 92.8. The molecule has 0 radical (unpaired) electrons. The van der Waals surface area contributed by atoms with Crippen LogP contribution in [-0.2, 0) is 114 Å². The number of hydrogen-bond acceptors (Lipinski definition) is 28. The number of rotatable bonds is 84. The Kier molecular flexibility index (Phi) is 86.6. The van der Waals surface area contributed by atoms with Crippen molar-refractivity contribution in [3.63, 3.8) is 0 Å². The van der Waals surface area contributed by atoms with Gasteiger partial charge in [0.05, 0.1) is 35.5 Å². The topological polar surface area (TPSA) is 329 Å². The van der Waals surface area contributed by atoms with Gasteiger partial charge in [-0.1, -0.05) is 330 Å². The van der Waals surface area contributed by atoms with Crippen molar-refractivity contribution in [1.29, 1.82) is 0 Å². The summed E-state index contributed by atoms with van der Waals surface area (Å²) >= 11 is 0. The molecule has 6 saturated carbocycles. The van der Waals surface area contributed by atoms with Crippen molar-refractivity contribution in [2.75, 3.05) is 158 Å². The van der Waals surface area contributed by atoms with Gasteiger partial charge in [-0.3, -0.25) is 77.1 Å². The van der Waals surface area contributed by atoms with Crippen molar-refractivity contribution < 1.29 is 114 Å². The molecular weight excluding hydrogens is 1850 g/mol. The van der Waals surface area contributed by atoms with Crippen LogP contribution in [-0.4, -0.2) is 249 Å². The van der Waals surface area contributed by atoms with Gasteiger partial charge in [-0.2, -0.15) is 0 Å². The molecule has 0 aromatic carbocycles. The number of esters is 12. The van der Waals surface area contributed by atoms with E-state index in [0.29, 0.717) is 157 Å². The maximum Gasteiger partial charge on any atom is 0.308 e. The summed E-state index contributed by atoms with van der Waals surface area (Å²) in [4.78, 5) is 154. The predicted molar refractivity (Wildman–Crippen MR) is 571 cm³/mol. The van der Waals surface area contributed by atoms with E-state index in [1.807, 2.05) is 14.7 Å². The molecule has 6 aliphatic rings. The van der Waals surface area contributed by atoms with Crippen LogP contribution < -0.4 is 0 Å². The predicted octanol–water partition coefficient (Wildman–Crippen LogP) is 24.5. The van der Waals surface area contributed by atoms with E-state index in [2.05, 4.69) is 46.4 Å². The molecule has 0 aromatic heterocycles. The second kappa shape index (κ2) is 94.7. The number of hydrogen-bond donors (Lipinski definition) is 0. The van der Waals surface area contributed by atoms with Crippen LogP contribution in [0.5, 0.6) is 0 Å². The van der Waals surface area contributed by atoms with Crippen LogP contribution >= 0.6 is 0 Å². The molecule has 0 N–H and O–H groups in total. The Morgan fingerprint density at radius 3 is 0.393 bits per heavy atom. The van der Waals surface area contributed by atoms with Gasteiger partial charge in [0.1, 0.15) is 79.3 Å². The van der Waals surface area contributed by atoms with E-state index in [4.69, 9.17) is 56.8 Å². The molecule has 0 unspecified atom stereocenters. The first-order chi connectivity index (χ1) is 70.8. The molecular formula is C117H210N4O24. The lowest BCUT2D eigenvalue weighted by Crippen LogP contribution is -2.36. The first-order valence-electron chi connectivity index (χ1n) is 59.7. The lowest BCUT2D eigenvalue weighted by molar-refractivity contribution is -0.153. The molecule has 28 nitrogen and oxygen atoms in total. The van der Waals surface area contributed by atoms with E-state index in [0.717, 1.165) is 250 Å². The highest BCUT2D eigenvalue weighted by atomic mass is 16.6. The third-order valence-electron chi connectivity index (χ3n) is 29.2. The highest BCUT2D eigenvalue weighted by Crippen LogP contribution is 2.31. The van der Waals surface area contributed by atoms with Gasteiger partial charge >= 0.3 is 71.6 Å². The maximum atomic E-state index is 12.4. The number of ether oxygens (including phenoxy) is 12. The van der Waals surface area contributed by atoms with Crippen LogP contribution in [0.4, 0.5) is 0 Å². The second-order valence-corrected chi connectivity index (χ2v) is 41.7. The minimum absolute atomic E-state index is 0.0371. The molecule has 842 valence electrons. The summed E-state index contributed by atoms with van der Waals surface area (Å²) in [7, 11) is 0. The van der Waals surface area contributed by atoms with E-state index in [9.17, 15) is 57.5 Å². The Hall–Kier alpha value is -6.52. The van der Waals surface area contributed by atoms with Gasteiger partial charge in [-0.25, -0.2) is 0 Å². The average Bonchev–Trinajstić information content (AvgIpc) is 1.67. The molecule has 0 aliphatic heterocycles. The summed E-state index contributed by atoms with van der Waals surface area (Å²) < 4.78 is 65.8. The number of carbonyl (C=O) groups is 12. The zero-order valence-electron chi connectivity index (χ0n) is 92.8. The van der Waals surface area contributed by atoms with Crippen molar-refractivity contribution in [3.05, 3.63) is 0 Å². The average molecular weight is 2060 g/mol. The van der Waals surface area contributed by atoms with Crippen LogP contribution in [0.15, 0.2) is 0 Å². The Morgan fingerprint density at radius 1 is 0.152 bits per heavy atom. The Morgan fingerprint density at radius 2 is 0.262 bits per heavy atom. The smallest absolute Gasteiger partial charge is 0.308 e. The molecule has 6 aliphatic carbocycles. The van der Waals surface area contributed by atoms with Crippen LogP contribution in [0, 0.1) is 35.5 Å². The molecule has 6 rings (SSSR count). The van der Waals surface area contributed by atoms with Crippen molar-refractivity contribution in [2.45, 2.75) is 485 Å². The fourth-order valence-electron chi connectivity index (χ4n) is 19.7. The fourth-order valence-corrected chi connectivity index (χ4v) is 19.7. The van der Waals surface area contributed by atoms with E-state index in [-0.39, 0.29) is 147 Å². The summed E-state index contributed by atoms with van der Waals surface area (Å²) in [5.41, 5.74) is 0. The van der Waals surface area contributed by atoms with Gasteiger partial charge in [0.15, 0.2) is 0 Å². The number of unbranched alkanes of at least 4 members (excludes halogenated alkanes) is 30. The monoisotopic (exact) mass is 2060 g/mol. The van der Waals surface area contributed by atoms with Crippen LogP contribution in [0.25, 0.3) is 0 Å². The Bertz CT molecular complexity index is 2890. The molecule has 0 amide bonds. The molecule has 6 fully saturated rings. The summed E-state index contributed by atoms with van der Waals surface area (Å²) in [6.07, 6.45) is 71.6. The van der Waals surface area contributed by atoms with Gasteiger partial charge in [0.2, 0.25) is 0 Å². The van der Waals surface area contributed by atoms with Crippen molar-refractivity contribution in [1.82, 2.24) is 19.6 Å². The Labute approximate surface area is 878 Å². The third kappa shape index (κ3) is 75.8. The van der Waals surface area contributed by atoms with Crippen LogP contribution in [0.3, 0.4) is 0 Å². The number of nitrogens with zero attached hydrogens (tertiary/aromatic N) is 4. The standard InChI is InChI=1S/C36H69NO6.C30H57NO6.C27H45NO6.C24H39NO6/c1-4-7-10-13-16-19-22-25-34(38)41-31-28-37(29-32-42-35(39)26-23-20-17-14-11-8-5-2)30-33-43-36(40)27-24-21-18-15-12-9-6-3;1-4-7-10-13-16-19-28(32)35-25-22-31(23-26-36-29(33)20-17-14-11-8-5-2)24-27-37-30(34)21-18-15-12-9-6-3;29-25(22-10-4-1-5-11-22)32-19-16-28(17-20-33-26(30)23-12-6-2-7-13-23)18-21-34-27(31)24-14-8-3-9-15-24;26-22(19-7-1-2-8-19)29-16-13-25(14-17-30-23(27)20-9-3-4-10-20)15-18-31-24(28)21-11-5-6-12-21/h4-33H2,1-3H3;4-27H2,1-3H3;22-24H,1-21H2;19-21H,1-18H2. The first kappa shape index (κ1) is 133. The Balaban J connectivity index is 0.000000499. The minimum Gasteiger partial charge on any atom is -0.464 e. The largest absolute Gasteiger partial charge is 0.464 e.